The molecule has 2 unspecified atom stereocenters. The van der Waals surface area contributed by atoms with Gasteiger partial charge in [-0.1, -0.05) is 30.7 Å². The highest BCUT2D eigenvalue weighted by molar-refractivity contribution is 6.03. The molecule has 1 aliphatic carbocycles. The number of para-hydroxylation sites is 1. The second kappa shape index (κ2) is 11.8. The first-order valence-electron chi connectivity index (χ1n) is 13.7. The number of ether oxygens (including phenoxy) is 1. The average molecular weight is 512 g/mol. The minimum Gasteiger partial charge on any atom is -0.455 e. The Bertz CT molecular complexity index is 1280. The van der Waals surface area contributed by atoms with Gasteiger partial charge in [0, 0.05) is 23.7 Å². The number of carbonyl (C=O) groups is 2. The van der Waals surface area contributed by atoms with E-state index in [1.165, 1.54) is 18.4 Å². The van der Waals surface area contributed by atoms with E-state index in [2.05, 4.69) is 22.5 Å². The van der Waals surface area contributed by atoms with Crippen LogP contribution in [0.3, 0.4) is 0 Å². The van der Waals surface area contributed by atoms with Crippen molar-refractivity contribution >= 4 is 23.2 Å². The van der Waals surface area contributed by atoms with E-state index in [1.807, 2.05) is 61.5 Å². The first kappa shape index (κ1) is 26.0. The van der Waals surface area contributed by atoms with Crippen LogP contribution in [0.1, 0.15) is 53.6 Å². The monoisotopic (exact) mass is 511 g/mol. The Morgan fingerprint density at radius 1 is 0.868 bits per heavy atom. The second-order valence-corrected chi connectivity index (χ2v) is 10.7. The van der Waals surface area contributed by atoms with Crippen LogP contribution < -0.4 is 15.4 Å². The molecule has 1 aliphatic heterocycles. The van der Waals surface area contributed by atoms with Crippen molar-refractivity contribution in [3.05, 3.63) is 83.4 Å². The van der Waals surface area contributed by atoms with Crippen LogP contribution in [0.4, 0.5) is 16.2 Å². The van der Waals surface area contributed by atoms with E-state index in [9.17, 15) is 9.59 Å². The summed E-state index contributed by atoms with van der Waals surface area (Å²) in [5.74, 6) is 1.75. The van der Waals surface area contributed by atoms with Gasteiger partial charge >= 0.3 is 6.03 Å². The van der Waals surface area contributed by atoms with Gasteiger partial charge in [-0.2, -0.15) is 0 Å². The van der Waals surface area contributed by atoms with Crippen LogP contribution in [0.5, 0.6) is 11.5 Å². The van der Waals surface area contributed by atoms with Gasteiger partial charge in [0.1, 0.15) is 5.75 Å². The zero-order valence-electron chi connectivity index (χ0n) is 22.3. The van der Waals surface area contributed by atoms with Gasteiger partial charge in [-0.05, 0) is 112 Å². The number of Topliss-reactive ketones (excluding diaryl/α,β-unsaturated/α-hetero) is 1. The van der Waals surface area contributed by atoms with Gasteiger partial charge in [-0.25, -0.2) is 4.79 Å². The molecule has 2 amide bonds. The summed E-state index contributed by atoms with van der Waals surface area (Å²) in [6.45, 7) is 7.39. The molecular formula is C32H37N3O3. The summed E-state index contributed by atoms with van der Waals surface area (Å²) < 4.78 is 6.21. The van der Waals surface area contributed by atoms with Crippen LogP contribution >= 0.6 is 0 Å². The SMILES string of the molecule is Cc1ccc(Oc2ccc(C(=O)C3CCCC3CN3CCCC3)cc2NC(=O)Nc2ccccc2)cc1C. The van der Waals surface area contributed by atoms with Gasteiger partial charge in [-0.15, -0.1) is 0 Å². The third kappa shape index (κ3) is 6.25. The first-order valence-corrected chi connectivity index (χ1v) is 13.7. The molecule has 0 spiro atoms. The molecule has 1 saturated heterocycles. The zero-order chi connectivity index (χ0) is 26.5. The normalized spacial score (nSPS) is 19.3. The fraction of sp³-hybridized carbons (Fsp3) is 0.375. The van der Waals surface area contributed by atoms with Crippen LogP contribution in [0.2, 0.25) is 0 Å². The highest BCUT2D eigenvalue weighted by atomic mass is 16.5. The predicted octanol–water partition coefficient (Wildman–Crippen LogP) is 7.43. The molecule has 2 fully saturated rings. The van der Waals surface area contributed by atoms with Crippen molar-refractivity contribution in [3.8, 4) is 11.5 Å². The van der Waals surface area contributed by atoms with E-state index in [0.717, 1.165) is 44.5 Å². The largest absolute Gasteiger partial charge is 0.455 e. The lowest BCUT2D eigenvalue weighted by Crippen LogP contribution is -2.31. The fourth-order valence-corrected chi connectivity index (χ4v) is 5.69. The molecule has 5 rings (SSSR count). The molecule has 38 heavy (non-hydrogen) atoms. The summed E-state index contributed by atoms with van der Waals surface area (Å²) in [5.41, 5.74) is 4.07. The summed E-state index contributed by atoms with van der Waals surface area (Å²) in [5, 5.41) is 5.78. The Balaban J connectivity index is 1.38. The molecule has 2 atom stereocenters. The number of amides is 2. The van der Waals surface area contributed by atoms with Gasteiger partial charge in [-0.3, -0.25) is 4.79 Å². The van der Waals surface area contributed by atoms with E-state index >= 15 is 0 Å². The summed E-state index contributed by atoms with van der Waals surface area (Å²) in [6, 6.07) is 20.2. The lowest BCUT2D eigenvalue weighted by atomic mass is 9.87. The lowest BCUT2D eigenvalue weighted by molar-refractivity contribution is 0.0873. The van der Waals surface area contributed by atoms with E-state index in [-0.39, 0.29) is 11.7 Å². The van der Waals surface area contributed by atoms with Crippen LogP contribution in [-0.4, -0.2) is 36.3 Å². The molecular weight excluding hydrogens is 474 g/mol. The molecule has 2 aliphatic rings. The number of benzene rings is 3. The van der Waals surface area contributed by atoms with Gasteiger partial charge in [0.25, 0.3) is 0 Å². The van der Waals surface area contributed by atoms with Crippen LogP contribution in [-0.2, 0) is 0 Å². The first-order chi connectivity index (χ1) is 18.5. The van der Waals surface area contributed by atoms with Crippen molar-refractivity contribution in [2.24, 2.45) is 11.8 Å². The number of rotatable bonds is 8. The maximum absolute atomic E-state index is 13.7. The summed E-state index contributed by atoms with van der Waals surface area (Å²) in [6.07, 6.45) is 5.63. The second-order valence-electron chi connectivity index (χ2n) is 10.7. The van der Waals surface area contributed by atoms with Crippen molar-refractivity contribution in [2.75, 3.05) is 30.3 Å². The molecule has 6 nitrogen and oxygen atoms in total. The smallest absolute Gasteiger partial charge is 0.323 e. The average Bonchev–Trinajstić information content (AvgIpc) is 3.60. The Labute approximate surface area is 225 Å². The number of hydrogen-bond acceptors (Lipinski definition) is 4. The molecule has 3 aromatic carbocycles. The van der Waals surface area contributed by atoms with Gasteiger partial charge in [0.2, 0.25) is 0 Å². The Morgan fingerprint density at radius 3 is 2.42 bits per heavy atom. The zero-order valence-corrected chi connectivity index (χ0v) is 22.3. The highest BCUT2D eigenvalue weighted by Crippen LogP contribution is 2.38. The molecule has 0 radical (unpaired) electrons. The van der Waals surface area contributed by atoms with Gasteiger partial charge in [0.05, 0.1) is 5.69 Å². The maximum Gasteiger partial charge on any atom is 0.323 e. The molecule has 2 N–H and O–H groups in total. The fourth-order valence-electron chi connectivity index (χ4n) is 5.69. The molecule has 3 aromatic rings. The number of ketones is 1. The molecule has 1 heterocycles. The van der Waals surface area contributed by atoms with Crippen LogP contribution in [0, 0.1) is 25.7 Å². The number of urea groups is 1. The van der Waals surface area contributed by atoms with Crippen LogP contribution in [0.15, 0.2) is 66.7 Å². The quantitative estimate of drug-likeness (QED) is 0.309. The Kier molecular flexibility index (Phi) is 8.08. The third-order valence-corrected chi connectivity index (χ3v) is 7.94. The Hall–Kier alpha value is -3.64. The number of nitrogens with zero attached hydrogens (tertiary/aromatic N) is 1. The van der Waals surface area contributed by atoms with Gasteiger partial charge < -0.3 is 20.3 Å². The van der Waals surface area contributed by atoms with E-state index in [1.54, 1.807) is 12.1 Å². The van der Waals surface area contributed by atoms with Crippen LogP contribution in [0.25, 0.3) is 0 Å². The molecule has 0 bridgehead atoms. The molecule has 1 saturated carbocycles. The number of carbonyl (C=O) groups excluding carboxylic acids is 2. The number of likely N-dealkylation sites (tertiary alicyclic amines) is 1. The van der Waals surface area contributed by atoms with Crippen molar-refractivity contribution < 1.29 is 14.3 Å². The minimum atomic E-state index is -0.390. The number of hydrogen-bond donors (Lipinski definition) is 2. The number of aryl methyl sites for hydroxylation is 2. The highest BCUT2D eigenvalue weighted by Gasteiger charge is 2.35. The lowest BCUT2D eigenvalue weighted by Gasteiger charge is -2.24. The summed E-state index contributed by atoms with van der Waals surface area (Å²) in [4.78, 5) is 29.1. The summed E-state index contributed by atoms with van der Waals surface area (Å²) in [7, 11) is 0. The minimum absolute atomic E-state index is 0.0214. The molecule has 6 heteroatoms. The van der Waals surface area contributed by atoms with E-state index < -0.39 is 6.03 Å². The third-order valence-electron chi connectivity index (χ3n) is 7.94. The van der Waals surface area contributed by atoms with Gasteiger partial charge in [0.15, 0.2) is 11.5 Å². The Morgan fingerprint density at radius 2 is 1.66 bits per heavy atom. The van der Waals surface area contributed by atoms with E-state index in [0.29, 0.717) is 34.4 Å². The van der Waals surface area contributed by atoms with Crippen molar-refractivity contribution in [2.45, 2.75) is 46.0 Å². The van der Waals surface area contributed by atoms with Crippen molar-refractivity contribution in [3.63, 3.8) is 0 Å². The topological polar surface area (TPSA) is 70.7 Å². The maximum atomic E-state index is 13.7. The predicted molar refractivity (Wildman–Crippen MR) is 152 cm³/mol. The van der Waals surface area contributed by atoms with Crippen molar-refractivity contribution in [1.82, 2.24) is 4.90 Å². The molecule has 198 valence electrons. The standard InChI is InChI=1S/C32H37N3O3/c1-22-13-15-27(19-23(22)2)38-30-16-14-24(20-29(30)34-32(37)33-26-10-4-3-5-11-26)31(36)28-12-8-9-25(28)21-35-17-6-7-18-35/h3-5,10-11,13-16,19-20,25,28H,6-9,12,17-18,21H2,1-2H3,(H2,33,34,37). The van der Waals surface area contributed by atoms with Crippen molar-refractivity contribution in [1.29, 1.82) is 0 Å². The number of anilines is 2. The molecule has 0 aromatic heterocycles. The van der Waals surface area contributed by atoms with E-state index in [4.69, 9.17) is 4.74 Å². The summed E-state index contributed by atoms with van der Waals surface area (Å²) >= 11 is 0. The number of nitrogens with one attached hydrogen (secondary N) is 2.